The highest BCUT2D eigenvalue weighted by atomic mass is 32.2. The molecule has 0 aliphatic heterocycles. The third kappa shape index (κ3) is 3.96. The SMILES string of the molecule is CCNc1nc(C)cc(SCc2ccccc2C)n1. The number of nitrogens with one attached hydrogen (secondary N) is 1. The van der Waals surface area contributed by atoms with Crippen LogP contribution in [-0.2, 0) is 5.75 Å². The van der Waals surface area contributed by atoms with E-state index in [1.165, 1.54) is 11.1 Å². The molecule has 1 aromatic carbocycles. The maximum atomic E-state index is 4.51. The van der Waals surface area contributed by atoms with E-state index in [9.17, 15) is 0 Å². The van der Waals surface area contributed by atoms with Gasteiger partial charge in [-0.1, -0.05) is 24.3 Å². The number of aromatic nitrogens is 2. The molecule has 0 unspecified atom stereocenters. The Morgan fingerprint density at radius 1 is 1.16 bits per heavy atom. The predicted molar refractivity (Wildman–Crippen MR) is 81.7 cm³/mol. The molecule has 0 amide bonds. The van der Waals surface area contributed by atoms with Gasteiger partial charge in [0.2, 0.25) is 5.95 Å². The Morgan fingerprint density at radius 2 is 1.95 bits per heavy atom. The minimum atomic E-state index is 0.717. The van der Waals surface area contributed by atoms with Gasteiger partial charge >= 0.3 is 0 Å². The van der Waals surface area contributed by atoms with Crippen molar-refractivity contribution in [3.63, 3.8) is 0 Å². The van der Waals surface area contributed by atoms with E-state index in [-0.39, 0.29) is 0 Å². The van der Waals surface area contributed by atoms with Crippen LogP contribution in [0.5, 0.6) is 0 Å². The van der Waals surface area contributed by atoms with E-state index < -0.39 is 0 Å². The van der Waals surface area contributed by atoms with E-state index in [0.717, 1.165) is 29.0 Å². The maximum absolute atomic E-state index is 4.51. The van der Waals surface area contributed by atoms with Crippen LogP contribution < -0.4 is 5.32 Å². The van der Waals surface area contributed by atoms with E-state index in [2.05, 4.69) is 46.5 Å². The smallest absolute Gasteiger partial charge is 0.223 e. The van der Waals surface area contributed by atoms with Gasteiger partial charge in [-0.05, 0) is 38.0 Å². The molecule has 0 fully saturated rings. The lowest BCUT2D eigenvalue weighted by Crippen LogP contribution is -2.03. The molecule has 0 aliphatic carbocycles. The number of benzene rings is 1. The second-order valence-corrected chi connectivity index (χ2v) is 5.41. The summed E-state index contributed by atoms with van der Waals surface area (Å²) in [6.07, 6.45) is 0. The van der Waals surface area contributed by atoms with Crippen molar-refractivity contribution >= 4 is 17.7 Å². The van der Waals surface area contributed by atoms with E-state index in [1.54, 1.807) is 11.8 Å². The van der Waals surface area contributed by atoms with Crippen LogP contribution in [0.2, 0.25) is 0 Å². The number of nitrogens with zero attached hydrogens (tertiary/aromatic N) is 2. The highest BCUT2D eigenvalue weighted by Gasteiger charge is 2.04. The summed E-state index contributed by atoms with van der Waals surface area (Å²) in [6.45, 7) is 7.03. The van der Waals surface area contributed by atoms with Gasteiger partial charge in [-0.2, -0.15) is 0 Å². The first-order valence-corrected chi connectivity index (χ1v) is 7.44. The first-order valence-electron chi connectivity index (χ1n) is 6.46. The first kappa shape index (κ1) is 13.9. The highest BCUT2D eigenvalue weighted by Crippen LogP contribution is 2.23. The zero-order valence-corrected chi connectivity index (χ0v) is 12.4. The monoisotopic (exact) mass is 273 g/mol. The Labute approximate surface area is 118 Å². The number of hydrogen-bond donors (Lipinski definition) is 1. The molecule has 0 aliphatic rings. The van der Waals surface area contributed by atoms with Gasteiger partial charge < -0.3 is 5.32 Å². The number of hydrogen-bond acceptors (Lipinski definition) is 4. The van der Waals surface area contributed by atoms with E-state index in [1.807, 2.05) is 19.9 Å². The minimum Gasteiger partial charge on any atom is -0.354 e. The molecule has 1 heterocycles. The van der Waals surface area contributed by atoms with Crippen molar-refractivity contribution in [1.82, 2.24) is 9.97 Å². The zero-order valence-electron chi connectivity index (χ0n) is 11.6. The highest BCUT2D eigenvalue weighted by molar-refractivity contribution is 7.98. The second-order valence-electron chi connectivity index (χ2n) is 4.42. The summed E-state index contributed by atoms with van der Waals surface area (Å²) in [5.41, 5.74) is 3.68. The summed E-state index contributed by atoms with van der Waals surface area (Å²) in [5, 5.41) is 4.18. The Balaban J connectivity index is 2.09. The molecule has 1 N–H and O–H groups in total. The van der Waals surface area contributed by atoms with Gasteiger partial charge in [0.25, 0.3) is 0 Å². The molecule has 2 rings (SSSR count). The van der Waals surface area contributed by atoms with Gasteiger partial charge in [0, 0.05) is 18.0 Å². The first-order chi connectivity index (χ1) is 9.19. The van der Waals surface area contributed by atoms with Crippen molar-refractivity contribution in [1.29, 1.82) is 0 Å². The van der Waals surface area contributed by atoms with E-state index in [4.69, 9.17) is 0 Å². The van der Waals surface area contributed by atoms with Crippen molar-refractivity contribution in [3.8, 4) is 0 Å². The largest absolute Gasteiger partial charge is 0.354 e. The van der Waals surface area contributed by atoms with Crippen molar-refractivity contribution in [2.45, 2.75) is 31.6 Å². The Hall–Kier alpha value is -1.55. The molecule has 3 nitrogen and oxygen atoms in total. The summed E-state index contributed by atoms with van der Waals surface area (Å²) in [6, 6.07) is 10.5. The molecule has 4 heteroatoms. The number of anilines is 1. The van der Waals surface area contributed by atoms with Crippen LogP contribution in [0.4, 0.5) is 5.95 Å². The molecule has 0 spiro atoms. The summed E-state index contributed by atoms with van der Waals surface area (Å²) in [7, 11) is 0. The fourth-order valence-electron chi connectivity index (χ4n) is 1.77. The normalized spacial score (nSPS) is 10.5. The quantitative estimate of drug-likeness (QED) is 0.664. The fourth-order valence-corrected chi connectivity index (χ4v) is 2.81. The lowest BCUT2D eigenvalue weighted by atomic mass is 10.1. The molecular weight excluding hydrogens is 254 g/mol. The van der Waals surface area contributed by atoms with Crippen molar-refractivity contribution in [2.24, 2.45) is 0 Å². The molecule has 0 saturated heterocycles. The third-order valence-corrected chi connectivity index (χ3v) is 3.76. The second kappa shape index (κ2) is 6.57. The molecule has 0 bridgehead atoms. The third-order valence-electron chi connectivity index (χ3n) is 2.80. The van der Waals surface area contributed by atoms with Gasteiger partial charge in [0.05, 0.1) is 0 Å². The standard InChI is InChI=1S/C15H19N3S/c1-4-16-15-17-12(3)9-14(18-15)19-10-13-8-6-5-7-11(13)2/h5-9H,4,10H2,1-3H3,(H,16,17,18). The van der Waals surface area contributed by atoms with E-state index >= 15 is 0 Å². The van der Waals surface area contributed by atoms with E-state index in [0.29, 0.717) is 0 Å². The molecule has 0 saturated carbocycles. The van der Waals surface area contributed by atoms with Crippen LogP contribution in [0.25, 0.3) is 0 Å². The van der Waals surface area contributed by atoms with Gasteiger partial charge in [-0.3, -0.25) is 0 Å². The molecule has 100 valence electrons. The van der Waals surface area contributed by atoms with Crippen LogP contribution in [0.15, 0.2) is 35.4 Å². The van der Waals surface area contributed by atoms with Crippen LogP contribution in [0.3, 0.4) is 0 Å². The van der Waals surface area contributed by atoms with Crippen LogP contribution in [0.1, 0.15) is 23.7 Å². The maximum Gasteiger partial charge on any atom is 0.223 e. The molecular formula is C15H19N3S. The molecule has 0 atom stereocenters. The number of thioether (sulfide) groups is 1. The van der Waals surface area contributed by atoms with Gasteiger partial charge in [0.15, 0.2) is 0 Å². The lowest BCUT2D eigenvalue weighted by molar-refractivity contribution is 0.984. The average molecular weight is 273 g/mol. The van der Waals surface area contributed by atoms with Gasteiger partial charge in [-0.25, -0.2) is 9.97 Å². The lowest BCUT2D eigenvalue weighted by Gasteiger charge is -2.07. The summed E-state index contributed by atoms with van der Waals surface area (Å²) < 4.78 is 0. The Kier molecular flexibility index (Phi) is 4.80. The van der Waals surface area contributed by atoms with Crippen LogP contribution in [0, 0.1) is 13.8 Å². The van der Waals surface area contributed by atoms with Crippen LogP contribution in [-0.4, -0.2) is 16.5 Å². The van der Waals surface area contributed by atoms with Crippen LogP contribution >= 0.6 is 11.8 Å². The molecule has 1 aromatic heterocycles. The molecule has 19 heavy (non-hydrogen) atoms. The number of aryl methyl sites for hydroxylation is 2. The topological polar surface area (TPSA) is 37.8 Å². The molecule has 0 radical (unpaired) electrons. The Bertz CT molecular complexity index is 555. The van der Waals surface area contributed by atoms with Gasteiger partial charge in [0.1, 0.15) is 5.03 Å². The Morgan fingerprint density at radius 3 is 2.68 bits per heavy atom. The summed E-state index contributed by atoms with van der Waals surface area (Å²) >= 11 is 1.75. The minimum absolute atomic E-state index is 0.717. The predicted octanol–water partition coefficient (Wildman–Crippen LogP) is 3.82. The average Bonchev–Trinajstić information content (AvgIpc) is 2.37. The molecule has 2 aromatic rings. The fraction of sp³-hybridized carbons (Fsp3) is 0.333. The van der Waals surface area contributed by atoms with Crippen molar-refractivity contribution in [3.05, 3.63) is 47.2 Å². The van der Waals surface area contributed by atoms with Crippen molar-refractivity contribution in [2.75, 3.05) is 11.9 Å². The van der Waals surface area contributed by atoms with Gasteiger partial charge in [-0.15, -0.1) is 11.8 Å². The summed E-state index contributed by atoms with van der Waals surface area (Å²) in [4.78, 5) is 8.87. The summed E-state index contributed by atoms with van der Waals surface area (Å²) in [5.74, 6) is 1.66. The van der Waals surface area contributed by atoms with Crippen molar-refractivity contribution < 1.29 is 0 Å². The zero-order chi connectivity index (χ0) is 13.7. The number of rotatable bonds is 5.